The van der Waals surface area contributed by atoms with Gasteiger partial charge in [-0.15, -0.1) is 0 Å². The Morgan fingerprint density at radius 2 is 1.97 bits per heavy atom. The second-order valence-electron chi connectivity index (χ2n) is 8.99. The van der Waals surface area contributed by atoms with E-state index in [4.69, 9.17) is 21.3 Å². The van der Waals surface area contributed by atoms with Gasteiger partial charge >= 0.3 is 6.09 Å². The number of ether oxygens (including phenoxy) is 1. The van der Waals surface area contributed by atoms with Crippen LogP contribution in [0.5, 0.6) is 11.5 Å². The number of amides is 1. The van der Waals surface area contributed by atoms with Crippen molar-refractivity contribution in [2.24, 2.45) is 4.99 Å². The van der Waals surface area contributed by atoms with Gasteiger partial charge in [-0.2, -0.15) is 4.39 Å². The molecule has 1 N–H and O–H groups in total. The van der Waals surface area contributed by atoms with E-state index >= 15 is 0 Å². The number of rotatable bonds is 1. The van der Waals surface area contributed by atoms with Crippen molar-refractivity contribution in [1.82, 2.24) is 14.9 Å². The van der Waals surface area contributed by atoms with Crippen LogP contribution in [-0.2, 0) is 5.54 Å². The molecule has 2 aliphatic rings. The van der Waals surface area contributed by atoms with E-state index < -0.39 is 23.1 Å². The van der Waals surface area contributed by atoms with Crippen molar-refractivity contribution in [1.29, 1.82) is 0 Å². The van der Waals surface area contributed by atoms with E-state index in [1.54, 1.807) is 30.3 Å². The maximum Gasteiger partial charge on any atom is 0.413 e. The first-order chi connectivity index (χ1) is 16.1. The number of carboxylic acid groups (broad SMARTS) is 1. The van der Waals surface area contributed by atoms with Crippen LogP contribution < -0.4 is 4.74 Å². The van der Waals surface area contributed by atoms with Gasteiger partial charge in [0.05, 0.1) is 6.20 Å². The molecule has 1 spiro atoms. The fourth-order valence-electron chi connectivity index (χ4n) is 4.24. The second kappa shape index (κ2) is 7.95. The van der Waals surface area contributed by atoms with Gasteiger partial charge < -0.3 is 9.84 Å². The van der Waals surface area contributed by atoms with Crippen LogP contribution in [0, 0.1) is 5.95 Å². The molecule has 0 unspecified atom stereocenters. The van der Waals surface area contributed by atoms with Crippen molar-refractivity contribution in [3.8, 4) is 22.6 Å². The number of nitrogens with zero attached hydrogens (tertiary/aromatic N) is 4. The smallest absolute Gasteiger partial charge is 0.413 e. The highest BCUT2D eigenvalue weighted by atomic mass is 35.5. The average Bonchev–Trinajstić information content (AvgIpc) is 3.18. The standard InChI is InChI=1S/C24H20ClFN4O3S/c1-23(2,3)30(22(31)32)21-29-24(12-34-21)15-9-13(14-5-4-8-27-20(14)26)6-7-17(15)33-18-11-28-19(25)10-16(18)24/h4-11H,12H2,1-3H3,(H,31,32)/t24-/m0/s1. The van der Waals surface area contributed by atoms with Crippen molar-refractivity contribution >= 4 is 34.6 Å². The number of amidine groups is 1. The van der Waals surface area contributed by atoms with Gasteiger partial charge in [0.25, 0.3) is 0 Å². The minimum absolute atomic E-state index is 0.263. The summed E-state index contributed by atoms with van der Waals surface area (Å²) in [5, 5.41) is 10.6. The zero-order valence-corrected chi connectivity index (χ0v) is 20.1. The molecular formula is C24H20ClFN4O3S. The predicted octanol–water partition coefficient (Wildman–Crippen LogP) is 6.17. The van der Waals surface area contributed by atoms with Crippen LogP contribution in [0.4, 0.5) is 9.18 Å². The summed E-state index contributed by atoms with van der Waals surface area (Å²) in [6.45, 7) is 5.43. The highest BCUT2D eigenvalue weighted by molar-refractivity contribution is 8.14. The lowest BCUT2D eigenvalue weighted by Gasteiger charge is -2.35. The summed E-state index contributed by atoms with van der Waals surface area (Å²) < 4.78 is 20.6. The Balaban J connectivity index is 1.75. The number of halogens is 2. The van der Waals surface area contributed by atoms with Gasteiger partial charge in [-0.05, 0) is 56.7 Å². The quantitative estimate of drug-likeness (QED) is 0.404. The zero-order chi connectivity index (χ0) is 24.3. The van der Waals surface area contributed by atoms with E-state index in [2.05, 4.69) is 9.97 Å². The lowest BCUT2D eigenvalue weighted by molar-refractivity contribution is 0.142. The molecule has 0 radical (unpaired) electrons. The normalized spacial score (nSPS) is 18.7. The summed E-state index contributed by atoms with van der Waals surface area (Å²) in [5.74, 6) is 0.842. The van der Waals surface area contributed by atoms with Crippen LogP contribution in [0.1, 0.15) is 31.9 Å². The molecule has 10 heteroatoms. The molecule has 1 aromatic carbocycles. The van der Waals surface area contributed by atoms with Gasteiger partial charge in [-0.25, -0.2) is 19.8 Å². The van der Waals surface area contributed by atoms with E-state index in [9.17, 15) is 14.3 Å². The summed E-state index contributed by atoms with van der Waals surface area (Å²) in [4.78, 5) is 26.3. The largest absolute Gasteiger partial charge is 0.465 e. The molecule has 4 heterocycles. The van der Waals surface area contributed by atoms with Crippen LogP contribution >= 0.6 is 23.4 Å². The Bertz CT molecular complexity index is 1360. The number of aromatic nitrogens is 2. The lowest BCUT2D eigenvalue weighted by Crippen LogP contribution is -2.47. The molecule has 2 aromatic heterocycles. The highest BCUT2D eigenvalue weighted by Crippen LogP contribution is 2.54. The van der Waals surface area contributed by atoms with E-state index in [0.29, 0.717) is 44.7 Å². The number of aliphatic imine (C=N–C) groups is 1. The molecule has 174 valence electrons. The number of benzene rings is 1. The minimum Gasteiger partial charge on any atom is -0.465 e. The third-order valence-corrected chi connectivity index (χ3v) is 7.05. The molecular weight excluding hydrogens is 479 g/mol. The molecule has 0 bridgehead atoms. The third kappa shape index (κ3) is 3.59. The van der Waals surface area contributed by atoms with E-state index in [1.165, 1.54) is 29.1 Å². The summed E-state index contributed by atoms with van der Waals surface area (Å²) in [6, 6.07) is 10.3. The number of pyridine rings is 2. The maximum atomic E-state index is 14.5. The summed E-state index contributed by atoms with van der Waals surface area (Å²) in [7, 11) is 0. The first-order valence-electron chi connectivity index (χ1n) is 10.5. The Kier molecular flexibility index (Phi) is 5.29. The molecule has 1 amide bonds. The molecule has 0 saturated carbocycles. The minimum atomic E-state index is -1.10. The average molecular weight is 499 g/mol. The Morgan fingerprint density at radius 3 is 2.68 bits per heavy atom. The molecule has 0 saturated heterocycles. The number of carbonyl (C=O) groups is 1. The molecule has 0 fully saturated rings. The van der Waals surface area contributed by atoms with Gasteiger partial charge in [0, 0.05) is 34.2 Å². The van der Waals surface area contributed by atoms with Crippen molar-refractivity contribution in [3.05, 3.63) is 71.0 Å². The van der Waals surface area contributed by atoms with Crippen molar-refractivity contribution in [2.75, 3.05) is 5.75 Å². The molecule has 3 aromatic rings. The van der Waals surface area contributed by atoms with Gasteiger partial charge in [-0.1, -0.05) is 29.4 Å². The van der Waals surface area contributed by atoms with Gasteiger partial charge in [-0.3, -0.25) is 4.90 Å². The van der Waals surface area contributed by atoms with Crippen LogP contribution in [0.25, 0.3) is 11.1 Å². The van der Waals surface area contributed by atoms with Crippen LogP contribution in [-0.4, -0.2) is 42.5 Å². The topological polar surface area (TPSA) is 87.9 Å². The maximum absolute atomic E-state index is 14.5. The number of hydrogen-bond donors (Lipinski definition) is 1. The van der Waals surface area contributed by atoms with E-state index in [1.807, 2.05) is 26.8 Å². The Hall–Kier alpha value is -3.17. The first kappa shape index (κ1) is 22.6. The van der Waals surface area contributed by atoms with Crippen LogP contribution in [0.3, 0.4) is 0 Å². The number of hydrogen-bond acceptors (Lipinski definition) is 6. The zero-order valence-electron chi connectivity index (χ0n) is 18.5. The Labute approximate surface area is 204 Å². The monoisotopic (exact) mass is 498 g/mol. The molecule has 1 atom stereocenters. The van der Waals surface area contributed by atoms with E-state index in [0.717, 1.165) is 0 Å². The first-order valence-corrected chi connectivity index (χ1v) is 11.8. The molecule has 2 aliphatic heterocycles. The molecule has 5 rings (SSSR count). The van der Waals surface area contributed by atoms with Crippen LogP contribution in [0.15, 0.2) is 53.8 Å². The fourth-order valence-corrected chi connectivity index (χ4v) is 5.81. The van der Waals surface area contributed by atoms with Crippen molar-refractivity contribution in [3.63, 3.8) is 0 Å². The number of thioether (sulfide) groups is 1. The fraction of sp³-hybridized carbons (Fsp3) is 0.250. The number of fused-ring (bicyclic) bond motifs is 4. The second-order valence-corrected chi connectivity index (χ2v) is 10.3. The Morgan fingerprint density at radius 1 is 1.21 bits per heavy atom. The van der Waals surface area contributed by atoms with Crippen molar-refractivity contribution < 1.29 is 19.0 Å². The van der Waals surface area contributed by atoms with E-state index in [-0.39, 0.29) is 5.15 Å². The SMILES string of the molecule is CC(C)(C)N(C(=O)O)C1=N[C@@]2(CS1)c1cc(-c3cccnc3F)ccc1Oc1cnc(Cl)cc12. The van der Waals surface area contributed by atoms with Gasteiger partial charge in [0.15, 0.2) is 10.9 Å². The van der Waals surface area contributed by atoms with Gasteiger partial charge in [0.2, 0.25) is 5.95 Å². The van der Waals surface area contributed by atoms with Crippen LogP contribution in [0.2, 0.25) is 5.15 Å². The summed E-state index contributed by atoms with van der Waals surface area (Å²) in [6.07, 6.45) is 1.83. The van der Waals surface area contributed by atoms with Crippen molar-refractivity contribution in [2.45, 2.75) is 31.8 Å². The highest BCUT2D eigenvalue weighted by Gasteiger charge is 2.49. The van der Waals surface area contributed by atoms with Gasteiger partial charge in [0.1, 0.15) is 16.4 Å². The third-order valence-electron chi connectivity index (χ3n) is 5.74. The molecule has 0 aliphatic carbocycles. The molecule has 34 heavy (non-hydrogen) atoms. The predicted molar refractivity (Wildman–Crippen MR) is 129 cm³/mol. The summed E-state index contributed by atoms with van der Waals surface area (Å²) >= 11 is 7.59. The lowest BCUT2D eigenvalue weighted by atomic mass is 9.81. The summed E-state index contributed by atoms with van der Waals surface area (Å²) in [5.41, 5.74) is 0.598. The molecule has 7 nitrogen and oxygen atoms in total.